The van der Waals surface area contributed by atoms with E-state index in [4.69, 9.17) is 0 Å². The Balaban J connectivity index is 2.80. The Bertz CT molecular complexity index is 346. The molecular weight excluding hydrogens is 254 g/mol. The third-order valence-electron chi connectivity index (χ3n) is 2.11. The van der Waals surface area contributed by atoms with Crippen LogP contribution in [0.15, 0.2) is 33.0 Å². The lowest BCUT2D eigenvalue weighted by Gasteiger charge is -2.11. The summed E-state index contributed by atoms with van der Waals surface area (Å²) in [7, 11) is 0. The Morgan fingerprint density at radius 3 is 2.47 bits per heavy atom. The fourth-order valence-electron chi connectivity index (χ4n) is 1.15. The molecule has 4 heteroatoms. The van der Waals surface area contributed by atoms with Crippen molar-refractivity contribution >= 4 is 21.6 Å². The first-order chi connectivity index (χ1) is 7.17. The van der Waals surface area contributed by atoms with Crippen molar-refractivity contribution in [1.82, 2.24) is 5.01 Å². The summed E-state index contributed by atoms with van der Waals surface area (Å²) < 4.78 is 0.985. The highest BCUT2D eigenvalue weighted by Crippen LogP contribution is 2.26. The van der Waals surface area contributed by atoms with Gasteiger partial charge in [0.1, 0.15) is 5.69 Å². The van der Waals surface area contributed by atoms with Gasteiger partial charge in [0.25, 0.3) is 0 Å². The third-order valence-corrected chi connectivity index (χ3v) is 2.75. The molecule has 0 unspecified atom stereocenters. The molecule has 0 radical (unpaired) electrons. The van der Waals surface area contributed by atoms with Gasteiger partial charge in [-0.2, -0.15) is 0 Å². The predicted octanol–water partition coefficient (Wildman–Crippen LogP) is 4.10. The molecular formula is C11H16BrN3. The molecule has 0 saturated carbocycles. The summed E-state index contributed by atoms with van der Waals surface area (Å²) in [4.78, 5) is 0. The van der Waals surface area contributed by atoms with Crippen LogP contribution >= 0.6 is 15.9 Å². The van der Waals surface area contributed by atoms with Gasteiger partial charge in [-0.15, -0.1) is 5.11 Å². The van der Waals surface area contributed by atoms with Crippen molar-refractivity contribution in [3.05, 3.63) is 28.2 Å². The van der Waals surface area contributed by atoms with Gasteiger partial charge in [0.05, 0.1) is 0 Å². The SMILES string of the molecule is CCN(CC)N=Nc1ccc(C)cc1Br. The van der Waals surface area contributed by atoms with Gasteiger partial charge in [-0.3, -0.25) is 5.01 Å². The number of rotatable bonds is 4. The molecule has 0 fully saturated rings. The van der Waals surface area contributed by atoms with Crippen LogP contribution in [0.3, 0.4) is 0 Å². The zero-order valence-corrected chi connectivity index (χ0v) is 11.0. The zero-order valence-electron chi connectivity index (χ0n) is 9.37. The Kier molecular flexibility index (Phi) is 4.75. The van der Waals surface area contributed by atoms with E-state index in [0.717, 1.165) is 23.2 Å². The summed E-state index contributed by atoms with van der Waals surface area (Å²) in [5.41, 5.74) is 2.08. The second-order valence-corrected chi connectivity index (χ2v) is 4.14. The maximum atomic E-state index is 4.19. The van der Waals surface area contributed by atoms with Gasteiger partial charge in [0, 0.05) is 17.6 Å². The maximum absolute atomic E-state index is 4.19. The van der Waals surface area contributed by atoms with Crippen molar-refractivity contribution in [2.45, 2.75) is 20.8 Å². The molecule has 1 rings (SSSR count). The fourth-order valence-corrected chi connectivity index (χ4v) is 1.73. The first-order valence-corrected chi connectivity index (χ1v) is 5.89. The van der Waals surface area contributed by atoms with E-state index < -0.39 is 0 Å². The minimum absolute atomic E-state index is 0.868. The van der Waals surface area contributed by atoms with Crippen LogP contribution in [-0.4, -0.2) is 18.1 Å². The molecule has 0 spiro atoms. The van der Waals surface area contributed by atoms with Crippen LogP contribution in [0.25, 0.3) is 0 Å². The van der Waals surface area contributed by atoms with Crippen molar-refractivity contribution in [1.29, 1.82) is 0 Å². The minimum atomic E-state index is 0.868. The normalized spacial score (nSPS) is 10.9. The quantitative estimate of drug-likeness (QED) is 0.598. The Morgan fingerprint density at radius 1 is 1.27 bits per heavy atom. The highest BCUT2D eigenvalue weighted by molar-refractivity contribution is 9.10. The second kappa shape index (κ2) is 5.85. The topological polar surface area (TPSA) is 28.0 Å². The highest BCUT2D eigenvalue weighted by atomic mass is 79.9. The monoisotopic (exact) mass is 269 g/mol. The van der Waals surface area contributed by atoms with Crippen LogP contribution in [0.2, 0.25) is 0 Å². The van der Waals surface area contributed by atoms with Gasteiger partial charge in [0.2, 0.25) is 0 Å². The molecule has 0 N–H and O–H groups in total. The molecule has 0 aliphatic carbocycles. The van der Waals surface area contributed by atoms with E-state index in [-0.39, 0.29) is 0 Å². The minimum Gasteiger partial charge on any atom is -0.279 e. The lowest BCUT2D eigenvalue weighted by Crippen LogP contribution is -2.14. The molecule has 0 amide bonds. The zero-order chi connectivity index (χ0) is 11.3. The molecule has 15 heavy (non-hydrogen) atoms. The smallest absolute Gasteiger partial charge is 0.102 e. The lowest BCUT2D eigenvalue weighted by atomic mass is 10.2. The summed E-state index contributed by atoms with van der Waals surface area (Å²) in [6.07, 6.45) is 0. The molecule has 0 heterocycles. The lowest BCUT2D eigenvalue weighted by molar-refractivity contribution is 0.300. The summed E-state index contributed by atoms with van der Waals surface area (Å²) in [6.45, 7) is 7.93. The van der Waals surface area contributed by atoms with Crippen molar-refractivity contribution < 1.29 is 0 Å². The summed E-state index contributed by atoms with van der Waals surface area (Å²) >= 11 is 3.47. The van der Waals surface area contributed by atoms with Crippen LogP contribution in [-0.2, 0) is 0 Å². The fraction of sp³-hybridized carbons (Fsp3) is 0.455. The Morgan fingerprint density at radius 2 is 1.93 bits per heavy atom. The van der Waals surface area contributed by atoms with Crippen LogP contribution in [0.5, 0.6) is 0 Å². The standard InChI is InChI=1S/C11H16BrN3/c1-4-15(5-2)14-13-11-7-6-9(3)8-10(11)12/h6-8H,4-5H2,1-3H3. The van der Waals surface area contributed by atoms with Crippen LogP contribution in [0, 0.1) is 6.92 Å². The van der Waals surface area contributed by atoms with E-state index in [0.29, 0.717) is 0 Å². The van der Waals surface area contributed by atoms with E-state index in [1.807, 2.05) is 23.2 Å². The van der Waals surface area contributed by atoms with E-state index in [9.17, 15) is 0 Å². The first-order valence-electron chi connectivity index (χ1n) is 5.10. The number of hydrogen-bond donors (Lipinski definition) is 0. The molecule has 0 aliphatic heterocycles. The maximum Gasteiger partial charge on any atom is 0.102 e. The van der Waals surface area contributed by atoms with Crippen molar-refractivity contribution in [3.8, 4) is 0 Å². The number of hydrogen-bond acceptors (Lipinski definition) is 2. The average Bonchev–Trinajstić information content (AvgIpc) is 2.22. The van der Waals surface area contributed by atoms with Crippen LogP contribution in [0.4, 0.5) is 5.69 Å². The molecule has 82 valence electrons. The van der Waals surface area contributed by atoms with Crippen LogP contribution in [0.1, 0.15) is 19.4 Å². The molecule has 1 aromatic carbocycles. The number of benzene rings is 1. The molecule has 1 aromatic rings. The van der Waals surface area contributed by atoms with Gasteiger partial charge >= 0.3 is 0 Å². The van der Waals surface area contributed by atoms with E-state index in [1.54, 1.807) is 0 Å². The van der Waals surface area contributed by atoms with Gasteiger partial charge in [-0.05, 0) is 54.4 Å². The molecule has 0 atom stereocenters. The summed E-state index contributed by atoms with van der Waals surface area (Å²) in [5, 5.41) is 10.3. The Hall–Kier alpha value is -0.900. The van der Waals surface area contributed by atoms with E-state index >= 15 is 0 Å². The number of halogens is 1. The van der Waals surface area contributed by atoms with Crippen molar-refractivity contribution in [2.75, 3.05) is 13.1 Å². The van der Waals surface area contributed by atoms with Crippen molar-refractivity contribution in [2.24, 2.45) is 10.3 Å². The van der Waals surface area contributed by atoms with Gasteiger partial charge in [-0.25, -0.2) is 0 Å². The van der Waals surface area contributed by atoms with Crippen molar-refractivity contribution in [3.63, 3.8) is 0 Å². The third kappa shape index (κ3) is 3.63. The molecule has 0 bridgehead atoms. The van der Waals surface area contributed by atoms with Gasteiger partial charge < -0.3 is 0 Å². The second-order valence-electron chi connectivity index (χ2n) is 3.28. The van der Waals surface area contributed by atoms with Gasteiger partial charge in [0.15, 0.2) is 0 Å². The highest BCUT2D eigenvalue weighted by Gasteiger charge is 1.99. The largest absolute Gasteiger partial charge is 0.279 e. The molecule has 3 nitrogen and oxygen atoms in total. The van der Waals surface area contributed by atoms with Crippen LogP contribution < -0.4 is 0 Å². The average molecular weight is 270 g/mol. The summed E-state index contributed by atoms with van der Waals surface area (Å²) in [5.74, 6) is 0. The molecule has 0 saturated heterocycles. The number of aryl methyl sites for hydroxylation is 1. The predicted molar refractivity (Wildman–Crippen MR) is 66.3 cm³/mol. The summed E-state index contributed by atoms with van der Waals surface area (Å²) in [6, 6.07) is 6.03. The van der Waals surface area contributed by atoms with Gasteiger partial charge in [-0.1, -0.05) is 11.3 Å². The Labute approximate surface area is 99.3 Å². The van der Waals surface area contributed by atoms with E-state index in [2.05, 4.69) is 47.0 Å². The molecule has 0 aromatic heterocycles. The van der Waals surface area contributed by atoms with E-state index in [1.165, 1.54) is 5.56 Å². The molecule has 0 aliphatic rings. The first kappa shape index (κ1) is 12.2. The number of nitrogens with zero attached hydrogens (tertiary/aromatic N) is 3.